The first-order valence-corrected chi connectivity index (χ1v) is 20.9. The fraction of sp³-hybridized carbons (Fsp3) is 0.213. The molecule has 0 bridgehead atoms. The molecule has 0 fully saturated rings. The number of benzene rings is 6. The zero-order valence-electron chi connectivity index (χ0n) is 32.5. The molecule has 0 aromatic heterocycles. The van der Waals surface area contributed by atoms with Gasteiger partial charge in [0.25, 0.3) is 0 Å². The van der Waals surface area contributed by atoms with E-state index >= 15 is 0 Å². The van der Waals surface area contributed by atoms with Crippen LogP contribution in [-0.2, 0) is 15.4 Å². The number of hydrogen-bond acceptors (Lipinski definition) is 6. The summed E-state index contributed by atoms with van der Waals surface area (Å²) in [5.74, 6) is 1.74. The van der Waals surface area contributed by atoms with Gasteiger partial charge in [-0.3, -0.25) is 4.67 Å². The molecule has 0 amide bonds. The number of rotatable bonds is 6. The van der Waals surface area contributed by atoms with E-state index in [0.29, 0.717) is 11.3 Å². The summed E-state index contributed by atoms with van der Waals surface area (Å²) in [4.78, 5) is 13.6. The van der Waals surface area contributed by atoms with E-state index in [4.69, 9.17) is 18.1 Å². The van der Waals surface area contributed by atoms with Crippen molar-refractivity contribution >= 4 is 39.6 Å². The molecule has 8 heteroatoms. The number of nitrogens with zero attached hydrogens (tertiary/aromatic N) is 1. The smallest absolute Gasteiger partial charge is 0.424 e. The number of aryl methyl sites for hydroxylation is 2. The van der Waals surface area contributed by atoms with E-state index in [1.54, 1.807) is 6.07 Å². The molecule has 278 valence electrons. The van der Waals surface area contributed by atoms with Gasteiger partial charge in [-0.15, -0.1) is 0 Å². The van der Waals surface area contributed by atoms with Crippen LogP contribution in [0.4, 0.5) is 11.4 Å². The highest BCUT2D eigenvalue weighted by Gasteiger charge is 2.39. The molecule has 2 heterocycles. The van der Waals surface area contributed by atoms with Crippen LogP contribution in [0.2, 0.25) is 0 Å². The summed E-state index contributed by atoms with van der Waals surface area (Å²) < 4.78 is 29.3. The van der Waals surface area contributed by atoms with Crippen LogP contribution in [-0.4, -0.2) is 5.97 Å². The Balaban J connectivity index is 1.32. The van der Waals surface area contributed by atoms with Gasteiger partial charge in [0.2, 0.25) is 0 Å². The molecular formula is C47H45NO5P2. The van der Waals surface area contributed by atoms with Crippen molar-refractivity contribution in [3.8, 4) is 39.5 Å². The van der Waals surface area contributed by atoms with Gasteiger partial charge in [-0.25, -0.2) is 4.79 Å². The monoisotopic (exact) mass is 765 g/mol. The average molecular weight is 766 g/mol. The summed E-state index contributed by atoms with van der Waals surface area (Å²) in [6, 6.07) is 42.8. The Morgan fingerprint density at radius 1 is 0.545 bits per heavy atom. The third kappa shape index (κ3) is 6.99. The number of para-hydroxylation sites is 3. The predicted octanol–water partition coefficient (Wildman–Crippen LogP) is 13.3. The Labute approximate surface area is 326 Å². The highest BCUT2D eigenvalue weighted by Crippen LogP contribution is 2.59. The topological polar surface area (TPSA) is 57.2 Å². The maximum atomic E-state index is 13.6. The maximum Gasteiger partial charge on any atom is 0.424 e. The standard InChI is InChI=1S/C47H45NO5P2/c1-30-26-32(46(3,4)5)28-38(43(30)51-54-42-25-17-14-21-36(42)35-20-13-16-24-41(35)50-54)39-29-33(47(6,7)8)27-31(2)44(39)52-55-48(34-18-10-9-11-19-34)40-23-15-12-22-37(40)45(49)53-55/h9-29H,1-8H3. The Hall–Kier alpha value is -5.15. The number of anilines is 2. The van der Waals surface area contributed by atoms with Gasteiger partial charge in [-0.1, -0.05) is 120 Å². The third-order valence-corrected chi connectivity index (χ3v) is 13.0. The Morgan fingerprint density at radius 3 is 1.71 bits per heavy atom. The van der Waals surface area contributed by atoms with Gasteiger partial charge in [-0.05, 0) is 101 Å². The van der Waals surface area contributed by atoms with Gasteiger partial charge >= 0.3 is 22.9 Å². The Morgan fingerprint density at radius 2 is 1.07 bits per heavy atom. The molecule has 0 radical (unpaired) electrons. The second-order valence-corrected chi connectivity index (χ2v) is 18.8. The molecule has 0 aliphatic carbocycles. The van der Waals surface area contributed by atoms with Crippen LogP contribution in [0.3, 0.4) is 0 Å². The van der Waals surface area contributed by atoms with Crippen LogP contribution < -0.4 is 23.5 Å². The number of carbonyl (C=O) groups excluding carboxylic acids is 1. The molecule has 0 saturated heterocycles. The molecule has 2 aliphatic heterocycles. The van der Waals surface area contributed by atoms with Crippen molar-refractivity contribution in [3.05, 3.63) is 155 Å². The second kappa shape index (κ2) is 14.2. The van der Waals surface area contributed by atoms with Gasteiger partial charge in [0.05, 0.1) is 22.2 Å². The van der Waals surface area contributed by atoms with Crippen LogP contribution in [0.15, 0.2) is 127 Å². The number of carbonyl (C=O) groups is 1. The van der Waals surface area contributed by atoms with Crippen LogP contribution in [0.1, 0.15) is 74.2 Å². The first-order chi connectivity index (χ1) is 26.3. The van der Waals surface area contributed by atoms with Gasteiger partial charge in [0.1, 0.15) is 17.2 Å². The summed E-state index contributed by atoms with van der Waals surface area (Å²) in [7, 11) is -3.54. The van der Waals surface area contributed by atoms with Gasteiger partial charge in [0.15, 0.2) is 0 Å². The molecule has 6 nitrogen and oxygen atoms in total. The minimum absolute atomic E-state index is 0.162. The molecule has 6 aromatic carbocycles. The number of fused-ring (bicyclic) bond motifs is 4. The lowest BCUT2D eigenvalue weighted by Gasteiger charge is -2.36. The molecular weight excluding hydrogens is 720 g/mol. The van der Waals surface area contributed by atoms with Crippen molar-refractivity contribution in [2.24, 2.45) is 0 Å². The molecule has 2 atom stereocenters. The second-order valence-electron chi connectivity index (χ2n) is 16.2. The Kier molecular flexibility index (Phi) is 9.48. The lowest BCUT2D eigenvalue weighted by Crippen LogP contribution is -2.25. The van der Waals surface area contributed by atoms with E-state index in [1.165, 1.54) is 0 Å². The van der Waals surface area contributed by atoms with Crippen LogP contribution in [0.5, 0.6) is 17.2 Å². The quantitative estimate of drug-likeness (QED) is 0.157. The van der Waals surface area contributed by atoms with Crippen molar-refractivity contribution in [2.75, 3.05) is 4.67 Å². The van der Waals surface area contributed by atoms with Gasteiger partial charge in [-0.2, -0.15) is 0 Å². The summed E-state index contributed by atoms with van der Waals surface area (Å²) >= 11 is 0. The van der Waals surface area contributed by atoms with Crippen molar-refractivity contribution in [1.82, 2.24) is 0 Å². The van der Waals surface area contributed by atoms with E-state index < -0.39 is 22.9 Å². The lowest BCUT2D eigenvalue weighted by molar-refractivity contribution is 0.0735. The fourth-order valence-electron chi connectivity index (χ4n) is 6.99. The van der Waals surface area contributed by atoms with Gasteiger partial charge in [0, 0.05) is 16.7 Å². The van der Waals surface area contributed by atoms with Gasteiger partial charge < -0.3 is 18.1 Å². The van der Waals surface area contributed by atoms with Crippen molar-refractivity contribution < 1.29 is 22.9 Å². The Bertz CT molecular complexity index is 2430. The normalized spacial score (nSPS) is 16.3. The van der Waals surface area contributed by atoms with E-state index in [1.807, 2.05) is 77.5 Å². The SMILES string of the molecule is Cc1cc(C(C)(C)C)cc(-c2cc(C(C)(C)C)cc(C)c2OP2OC(=O)c3ccccc3N2c2ccccc2)c1OP1Oc2ccccc2-c2ccccc21. The highest BCUT2D eigenvalue weighted by atomic mass is 31.2. The van der Waals surface area contributed by atoms with Crippen LogP contribution >= 0.6 is 16.9 Å². The summed E-state index contributed by atoms with van der Waals surface area (Å²) in [5.41, 5.74) is 9.91. The van der Waals surface area contributed by atoms with Crippen molar-refractivity contribution in [3.63, 3.8) is 0 Å². The first-order valence-electron chi connectivity index (χ1n) is 18.6. The molecule has 0 N–H and O–H groups in total. The maximum absolute atomic E-state index is 13.6. The highest BCUT2D eigenvalue weighted by molar-refractivity contribution is 7.57. The van der Waals surface area contributed by atoms with Crippen molar-refractivity contribution in [1.29, 1.82) is 0 Å². The molecule has 6 aromatic rings. The summed E-state index contributed by atoms with van der Waals surface area (Å²) in [6.07, 6.45) is 0. The van der Waals surface area contributed by atoms with E-state index in [0.717, 1.165) is 72.7 Å². The minimum Gasteiger partial charge on any atom is -0.435 e. The zero-order valence-corrected chi connectivity index (χ0v) is 34.3. The molecule has 8 rings (SSSR count). The van der Waals surface area contributed by atoms with Crippen molar-refractivity contribution in [2.45, 2.75) is 66.2 Å². The van der Waals surface area contributed by atoms with E-state index in [2.05, 4.69) is 104 Å². The average Bonchev–Trinajstić information content (AvgIpc) is 3.16. The molecule has 55 heavy (non-hydrogen) atoms. The molecule has 0 spiro atoms. The summed E-state index contributed by atoms with van der Waals surface area (Å²) in [6.45, 7) is 17.5. The van der Waals surface area contributed by atoms with Crippen LogP contribution in [0.25, 0.3) is 22.3 Å². The minimum atomic E-state index is -1.98. The largest absolute Gasteiger partial charge is 0.435 e. The lowest BCUT2D eigenvalue weighted by atomic mass is 9.81. The zero-order chi connectivity index (χ0) is 38.6. The number of hydrogen-bond donors (Lipinski definition) is 0. The third-order valence-electron chi connectivity index (χ3n) is 10.1. The molecule has 2 unspecified atom stereocenters. The van der Waals surface area contributed by atoms with E-state index in [9.17, 15) is 4.79 Å². The molecule has 2 aliphatic rings. The predicted molar refractivity (Wildman–Crippen MR) is 226 cm³/mol. The summed E-state index contributed by atoms with van der Waals surface area (Å²) in [5, 5.41) is 1.02. The molecule has 0 saturated carbocycles. The van der Waals surface area contributed by atoms with E-state index in [-0.39, 0.29) is 10.8 Å². The van der Waals surface area contributed by atoms with Crippen LogP contribution in [0, 0.1) is 13.8 Å². The first kappa shape index (κ1) is 36.8. The fourth-order valence-corrected chi connectivity index (χ4v) is 10.1.